The molecule has 0 saturated heterocycles. The number of benzene rings is 1. The number of aromatic nitrogens is 1. The SMILES string of the molecule is CCOC(=O)c1c(CSc2nc(C)c(CC)c(C)c2C#N)oc2ccc(OC(C)=O)cc12. The highest BCUT2D eigenvalue weighted by molar-refractivity contribution is 7.98. The summed E-state index contributed by atoms with van der Waals surface area (Å²) < 4.78 is 16.3. The van der Waals surface area contributed by atoms with E-state index in [2.05, 4.69) is 11.1 Å². The van der Waals surface area contributed by atoms with Crippen molar-refractivity contribution in [3.05, 3.63) is 51.9 Å². The van der Waals surface area contributed by atoms with Gasteiger partial charge in [0.05, 0.1) is 17.9 Å². The molecule has 0 aliphatic carbocycles. The summed E-state index contributed by atoms with van der Waals surface area (Å²) in [6, 6.07) is 7.09. The van der Waals surface area contributed by atoms with Gasteiger partial charge in [-0.25, -0.2) is 9.78 Å². The Morgan fingerprint density at radius 2 is 2.00 bits per heavy atom. The lowest BCUT2D eigenvalue weighted by atomic mass is 10.0. The molecule has 166 valence electrons. The van der Waals surface area contributed by atoms with E-state index < -0.39 is 11.9 Å². The number of thioether (sulfide) groups is 1. The van der Waals surface area contributed by atoms with Crippen LogP contribution in [0.2, 0.25) is 0 Å². The molecule has 3 rings (SSSR count). The van der Waals surface area contributed by atoms with Crippen molar-refractivity contribution in [2.45, 2.75) is 51.8 Å². The minimum absolute atomic E-state index is 0.207. The molecular weight excluding hydrogens is 428 g/mol. The lowest BCUT2D eigenvalue weighted by Crippen LogP contribution is -2.07. The molecule has 0 fully saturated rings. The number of aryl methyl sites for hydroxylation is 1. The average Bonchev–Trinajstić information content (AvgIpc) is 3.10. The molecule has 0 aliphatic rings. The minimum Gasteiger partial charge on any atom is -0.462 e. The molecule has 0 saturated carbocycles. The normalized spacial score (nSPS) is 10.8. The van der Waals surface area contributed by atoms with E-state index in [1.165, 1.54) is 18.7 Å². The van der Waals surface area contributed by atoms with Crippen LogP contribution in [0.25, 0.3) is 11.0 Å². The molecule has 0 unspecified atom stereocenters. The van der Waals surface area contributed by atoms with Gasteiger partial charge in [-0.3, -0.25) is 4.79 Å². The molecular formula is C24H24N2O5S. The van der Waals surface area contributed by atoms with E-state index in [1.807, 2.05) is 20.8 Å². The number of fused-ring (bicyclic) bond motifs is 1. The smallest absolute Gasteiger partial charge is 0.342 e. The third-order valence-electron chi connectivity index (χ3n) is 5.03. The van der Waals surface area contributed by atoms with Crippen LogP contribution in [0.5, 0.6) is 5.75 Å². The third-order valence-corrected chi connectivity index (χ3v) is 6.00. The summed E-state index contributed by atoms with van der Waals surface area (Å²) in [4.78, 5) is 28.7. The lowest BCUT2D eigenvalue weighted by molar-refractivity contribution is -0.131. The van der Waals surface area contributed by atoms with Crippen molar-refractivity contribution in [3.63, 3.8) is 0 Å². The van der Waals surface area contributed by atoms with Gasteiger partial charge in [0.25, 0.3) is 0 Å². The fourth-order valence-corrected chi connectivity index (χ4v) is 4.65. The van der Waals surface area contributed by atoms with Crippen LogP contribution in [0.15, 0.2) is 27.6 Å². The van der Waals surface area contributed by atoms with Gasteiger partial charge in [-0.05, 0) is 56.5 Å². The predicted octanol–water partition coefficient (Wildman–Crippen LogP) is 5.27. The topological polar surface area (TPSA) is 102 Å². The van der Waals surface area contributed by atoms with Crippen LogP contribution in [0.4, 0.5) is 0 Å². The second-order valence-electron chi connectivity index (χ2n) is 7.11. The molecule has 7 nitrogen and oxygen atoms in total. The van der Waals surface area contributed by atoms with Crippen molar-refractivity contribution in [1.82, 2.24) is 4.98 Å². The van der Waals surface area contributed by atoms with Crippen molar-refractivity contribution in [3.8, 4) is 11.8 Å². The third kappa shape index (κ3) is 4.63. The first-order valence-electron chi connectivity index (χ1n) is 10.2. The highest BCUT2D eigenvalue weighted by Gasteiger charge is 2.24. The molecule has 32 heavy (non-hydrogen) atoms. The zero-order valence-electron chi connectivity index (χ0n) is 18.7. The number of carbonyl (C=O) groups is 2. The monoisotopic (exact) mass is 452 g/mol. The zero-order chi connectivity index (χ0) is 23.4. The molecule has 3 aromatic rings. The summed E-state index contributed by atoms with van der Waals surface area (Å²) in [6.07, 6.45) is 0.797. The van der Waals surface area contributed by atoms with Crippen LogP contribution in [-0.2, 0) is 21.7 Å². The first-order chi connectivity index (χ1) is 15.3. The maximum atomic E-state index is 12.7. The lowest BCUT2D eigenvalue weighted by Gasteiger charge is -2.12. The first-order valence-corrected chi connectivity index (χ1v) is 11.2. The number of nitrogens with zero attached hydrogens (tertiary/aromatic N) is 2. The molecule has 0 atom stereocenters. The Kier molecular flexibility index (Phi) is 7.21. The number of rotatable bonds is 7. The van der Waals surface area contributed by atoms with E-state index in [0.717, 1.165) is 23.2 Å². The zero-order valence-corrected chi connectivity index (χ0v) is 19.5. The molecule has 2 aromatic heterocycles. The van der Waals surface area contributed by atoms with Crippen LogP contribution >= 0.6 is 11.8 Å². The summed E-state index contributed by atoms with van der Waals surface area (Å²) in [5.74, 6) is 0.00800. The predicted molar refractivity (Wildman–Crippen MR) is 121 cm³/mol. The van der Waals surface area contributed by atoms with E-state index >= 15 is 0 Å². The van der Waals surface area contributed by atoms with E-state index in [9.17, 15) is 14.9 Å². The summed E-state index contributed by atoms with van der Waals surface area (Å²) in [5.41, 5.74) is 4.16. The van der Waals surface area contributed by atoms with E-state index in [4.69, 9.17) is 13.9 Å². The van der Waals surface area contributed by atoms with Gasteiger partial charge < -0.3 is 13.9 Å². The molecule has 0 aliphatic heterocycles. The number of ether oxygens (including phenoxy) is 2. The molecule has 0 amide bonds. The van der Waals surface area contributed by atoms with Crippen molar-refractivity contribution in [2.24, 2.45) is 0 Å². The maximum Gasteiger partial charge on any atom is 0.342 e. The number of pyridine rings is 1. The Balaban J connectivity index is 2.04. The second-order valence-corrected chi connectivity index (χ2v) is 8.07. The van der Waals surface area contributed by atoms with Gasteiger partial charge in [0.1, 0.15) is 33.8 Å². The van der Waals surface area contributed by atoms with Gasteiger partial charge >= 0.3 is 11.9 Å². The molecule has 2 heterocycles. The van der Waals surface area contributed by atoms with Gasteiger partial charge in [-0.2, -0.15) is 5.26 Å². The molecule has 0 spiro atoms. The van der Waals surface area contributed by atoms with Gasteiger partial charge in [-0.1, -0.05) is 18.7 Å². The molecule has 0 N–H and O–H groups in total. The Morgan fingerprint density at radius 3 is 2.62 bits per heavy atom. The average molecular weight is 453 g/mol. The molecule has 1 aromatic carbocycles. The van der Waals surface area contributed by atoms with Gasteiger partial charge in [0.2, 0.25) is 0 Å². The van der Waals surface area contributed by atoms with Crippen LogP contribution < -0.4 is 4.74 Å². The Hall–Kier alpha value is -3.31. The first kappa shape index (κ1) is 23.4. The van der Waals surface area contributed by atoms with Crippen molar-refractivity contribution >= 4 is 34.7 Å². The summed E-state index contributed by atoms with van der Waals surface area (Å²) in [6.45, 7) is 9.13. The Bertz CT molecular complexity index is 1240. The summed E-state index contributed by atoms with van der Waals surface area (Å²) in [5, 5.41) is 10.8. The largest absolute Gasteiger partial charge is 0.462 e. The van der Waals surface area contributed by atoms with Gasteiger partial charge in [-0.15, -0.1) is 0 Å². The number of hydrogen-bond donors (Lipinski definition) is 0. The second kappa shape index (κ2) is 9.88. The van der Waals surface area contributed by atoms with Crippen LogP contribution in [0, 0.1) is 25.2 Å². The van der Waals surface area contributed by atoms with Gasteiger partial charge in [0, 0.05) is 18.0 Å². The number of carbonyl (C=O) groups excluding carboxylic acids is 2. The molecule has 0 bridgehead atoms. The minimum atomic E-state index is -0.524. The van der Waals surface area contributed by atoms with Crippen LogP contribution in [0.3, 0.4) is 0 Å². The molecule has 8 heteroatoms. The highest BCUT2D eigenvalue weighted by Crippen LogP contribution is 2.35. The van der Waals surface area contributed by atoms with Crippen molar-refractivity contribution < 1.29 is 23.5 Å². The highest BCUT2D eigenvalue weighted by atomic mass is 32.2. The van der Waals surface area contributed by atoms with Gasteiger partial charge in [0.15, 0.2) is 0 Å². The van der Waals surface area contributed by atoms with Crippen LogP contribution in [-0.4, -0.2) is 23.5 Å². The fourth-order valence-electron chi connectivity index (χ4n) is 3.63. The summed E-state index contributed by atoms with van der Waals surface area (Å²) >= 11 is 1.33. The fraction of sp³-hybridized carbons (Fsp3) is 0.333. The molecule has 0 radical (unpaired) electrons. The van der Waals surface area contributed by atoms with E-state index in [-0.39, 0.29) is 17.9 Å². The van der Waals surface area contributed by atoms with E-state index in [1.54, 1.807) is 25.1 Å². The van der Waals surface area contributed by atoms with Crippen LogP contribution in [0.1, 0.15) is 59.3 Å². The van der Waals surface area contributed by atoms with E-state index in [0.29, 0.717) is 33.1 Å². The number of furan rings is 1. The summed E-state index contributed by atoms with van der Waals surface area (Å²) in [7, 11) is 0. The number of nitriles is 1. The maximum absolute atomic E-state index is 12.7. The van der Waals surface area contributed by atoms with Crippen molar-refractivity contribution in [2.75, 3.05) is 6.61 Å². The Morgan fingerprint density at radius 1 is 1.25 bits per heavy atom. The number of esters is 2. The quantitative estimate of drug-likeness (QED) is 0.271. The van der Waals surface area contributed by atoms with Crippen molar-refractivity contribution in [1.29, 1.82) is 5.26 Å². The standard InChI is InChI=1S/C24H24N2O5S/c1-6-17-13(3)19(11-25)23(26-14(17)4)32-12-21-22(24(28)29-7-2)18-10-16(30-15(5)27)8-9-20(18)31-21/h8-10H,6-7,12H2,1-5H3. The number of hydrogen-bond acceptors (Lipinski definition) is 8. The Labute approximate surface area is 190 Å².